The van der Waals surface area contributed by atoms with Crippen LogP contribution >= 0.6 is 11.8 Å². The molecule has 1 rings (SSSR count). The van der Waals surface area contributed by atoms with Gasteiger partial charge in [-0.1, -0.05) is 0 Å². The number of carbonyl (C=O) groups is 1. The topological polar surface area (TPSA) is 55.1 Å². The summed E-state index contributed by atoms with van der Waals surface area (Å²) in [5, 5.41) is 2.69. The van der Waals surface area contributed by atoms with E-state index in [4.69, 9.17) is 5.73 Å². The molecule has 0 unspecified atom stereocenters. The van der Waals surface area contributed by atoms with E-state index >= 15 is 0 Å². The maximum Gasteiger partial charge on any atom is 0.234 e. The molecule has 0 atom stereocenters. The number of thioether (sulfide) groups is 1. The van der Waals surface area contributed by atoms with Gasteiger partial charge in [-0.15, -0.1) is 0 Å². The number of rotatable bonds is 6. The Morgan fingerprint density at radius 2 is 2.06 bits per heavy atom. The fraction of sp³-hybridized carbons (Fsp3) is 0.364. The third-order valence-corrected chi connectivity index (χ3v) is 2.90. The Balaban J connectivity index is 2.26. The molecule has 0 fully saturated rings. The number of amides is 1. The van der Waals surface area contributed by atoms with Gasteiger partial charge in [-0.05, 0) is 43.0 Å². The summed E-state index contributed by atoms with van der Waals surface area (Å²) in [6, 6.07) is 5.71. The monoisotopic (exact) mass is 242 g/mol. The lowest BCUT2D eigenvalue weighted by Gasteiger charge is -2.04. The number of nitrogens with one attached hydrogen (secondary N) is 1. The molecular formula is C11H15FN2OS. The predicted octanol–water partition coefficient (Wildman–Crippen LogP) is 1.85. The number of hydrogen-bond acceptors (Lipinski definition) is 3. The lowest BCUT2D eigenvalue weighted by atomic mass is 10.3. The Labute approximate surface area is 98.6 Å². The van der Waals surface area contributed by atoms with Gasteiger partial charge in [0.2, 0.25) is 5.91 Å². The van der Waals surface area contributed by atoms with E-state index in [9.17, 15) is 9.18 Å². The SMILES string of the molecule is NCCCSCC(=O)Nc1ccc(F)cc1. The fourth-order valence-electron chi connectivity index (χ4n) is 1.08. The molecule has 0 saturated carbocycles. The zero-order chi connectivity index (χ0) is 11.8. The molecule has 0 radical (unpaired) electrons. The van der Waals surface area contributed by atoms with Gasteiger partial charge in [-0.2, -0.15) is 11.8 Å². The molecule has 16 heavy (non-hydrogen) atoms. The van der Waals surface area contributed by atoms with Crippen LogP contribution in [-0.2, 0) is 4.79 Å². The molecule has 1 aromatic carbocycles. The Morgan fingerprint density at radius 1 is 1.38 bits per heavy atom. The number of benzene rings is 1. The minimum absolute atomic E-state index is 0.0753. The highest BCUT2D eigenvalue weighted by Gasteiger charge is 2.02. The quantitative estimate of drug-likeness (QED) is 0.748. The average Bonchev–Trinajstić information content (AvgIpc) is 2.28. The van der Waals surface area contributed by atoms with Crippen molar-refractivity contribution >= 4 is 23.4 Å². The molecule has 0 saturated heterocycles. The van der Waals surface area contributed by atoms with Crippen molar-refractivity contribution in [3.05, 3.63) is 30.1 Å². The average molecular weight is 242 g/mol. The van der Waals surface area contributed by atoms with E-state index in [1.54, 1.807) is 11.8 Å². The van der Waals surface area contributed by atoms with Crippen LogP contribution in [0.2, 0.25) is 0 Å². The summed E-state index contributed by atoms with van der Waals surface area (Å²) in [6.07, 6.45) is 0.911. The van der Waals surface area contributed by atoms with E-state index in [1.807, 2.05) is 0 Å². The Morgan fingerprint density at radius 3 is 2.69 bits per heavy atom. The first kappa shape index (κ1) is 13.0. The van der Waals surface area contributed by atoms with Gasteiger partial charge in [-0.25, -0.2) is 4.39 Å². The van der Waals surface area contributed by atoms with Gasteiger partial charge in [-0.3, -0.25) is 4.79 Å². The van der Waals surface area contributed by atoms with Gasteiger partial charge < -0.3 is 11.1 Å². The third kappa shape index (κ3) is 5.14. The van der Waals surface area contributed by atoms with E-state index in [0.717, 1.165) is 12.2 Å². The highest BCUT2D eigenvalue weighted by atomic mass is 32.2. The van der Waals surface area contributed by atoms with Crippen LogP contribution in [0.4, 0.5) is 10.1 Å². The van der Waals surface area contributed by atoms with Gasteiger partial charge in [0, 0.05) is 5.69 Å². The molecule has 0 aliphatic rings. The number of halogens is 1. The molecule has 0 bridgehead atoms. The van der Waals surface area contributed by atoms with Crippen molar-refractivity contribution in [3.8, 4) is 0 Å². The van der Waals surface area contributed by atoms with Crippen molar-refractivity contribution in [3.63, 3.8) is 0 Å². The molecular weight excluding hydrogens is 227 g/mol. The number of hydrogen-bond donors (Lipinski definition) is 2. The van der Waals surface area contributed by atoms with Crippen molar-refractivity contribution in [2.24, 2.45) is 5.73 Å². The second kappa shape index (κ2) is 7.24. The largest absolute Gasteiger partial charge is 0.330 e. The fourth-order valence-corrected chi connectivity index (χ4v) is 1.85. The lowest BCUT2D eigenvalue weighted by molar-refractivity contribution is -0.113. The Kier molecular flexibility index (Phi) is 5.88. The maximum atomic E-state index is 12.6. The summed E-state index contributed by atoms with van der Waals surface area (Å²) >= 11 is 1.54. The molecule has 0 aliphatic carbocycles. The summed E-state index contributed by atoms with van der Waals surface area (Å²) in [5.74, 6) is 0.897. The summed E-state index contributed by atoms with van der Waals surface area (Å²) in [6.45, 7) is 0.645. The first-order valence-corrected chi connectivity index (χ1v) is 6.21. The van der Waals surface area contributed by atoms with Crippen LogP contribution in [0, 0.1) is 5.82 Å². The minimum atomic E-state index is -0.310. The summed E-state index contributed by atoms with van der Waals surface area (Å²) < 4.78 is 12.6. The highest BCUT2D eigenvalue weighted by Crippen LogP contribution is 2.09. The molecule has 5 heteroatoms. The molecule has 0 heterocycles. The molecule has 0 spiro atoms. The standard InChI is InChI=1S/C11H15FN2OS/c12-9-2-4-10(5-3-9)14-11(15)8-16-7-1-6-13/h2-5H,1,6-8,13H2,(H,14,15). The van der Waals surface area contributed by atoms with Crippen molar-refractivity contribution in [2.75, 3.05) is 23.4 Å². The molecule has 0 aromatic heterocycles. The van der Waals surface area contributed by atoms with Gasteiger partial charge in [0.1, 0.15) is 5.82 Å². The van der Waals surface area contributed by atoms with E-state index in [0.29, 0.717) is 18.0 Å². The summed E-state index contributed by atoms with van der Waals surface area (Å²) in [4.78, 5) is 11.4. The van der Waals surface area contributed by atoms with Crippen molar-refractivity contribution in [1.82, 2.24) is 0 Å². The predicted molar refractivity (Wildman–Crippen MR) is 66.0 cm³/mol. The van der Waals surface area contributed by atoms with Crippen molar-refractivity contribution < 1.29 is 9.18 Å². The smallest absolute Gasteiger partial charge is 0.234 e. The second-order valence-electron chi connectivity index (χ2n) is 3.25. The van der Waals surface area contributed by atoms with E-state index < -0.39 is 0 Å². The van der Waals surface area contributed by atoms with Gasteiger partial charge in [0.05, 0.1) is 5.75 Å². The Hall–Kier alpha value is -1.07. The molecule has 0 aliphatic heterocycles. The maximum absolute atomic E-state index is 12.6. The third-order valence-electron chi connectivity index (χ3n) is 1.85. The van der Waals surface area contributed by atoms with Crippen LogP contribution in [0.3, 0.4) is 0 Å². The number of nitrogens with two attached hydrogens (primary N) is 1. The van der Waals surface area contributed by atoms with Crippen molar-refractivity contribution in [2.45, 2.75) is 6.42 Å². The van der Waals surface area contributed by atoms with E-state index in [1.165, 1.54) is 24.3 Å². The number of anilines is 1. The van der Waals surface area contributed by atoms with Crippen LogP contribution in [0.15, 0.2) is 24.3 Å². The minimum Gasteiger partial charge on any atom is -0.330 e. The Bertz CT molecular complexity index is 329. The summed E-state index contributed by atoms with van der Waals surface area (Å²) in [7, 11) is 0. The van der Waals surface area contributed by atoms with Crippen LogP contribution < -0.4 is 11.1 Å². The van der Waals surface area contributed by atoms with Gasteiger partial charge >= 0.3 is 0 Å². The van der Waals surface area contributed by atoms with E-state index in [2.05, 4.69) is 5.32 Å². The van der Waals surface area contributed by atoms with Gasteiger partial charge in [0.25, 0.3) is 0 Å². The zero-order valence-electron chi connectivity index (χ0n) is 8.91. The van der Waals surface area contributed by atoms with Gasteiger partial charge in [0.15, 0.2) is 0 Å². The normalized spacial score (nSPS) is 10.1. The second-order valence-corrected chi connectivity index (χ2v) is 4.36. The van der Waals surface area contributed by atoms with Crippen LogP contribution in [0.5, 0.6) is 0 Å². The van der Waals surface area contributed by atoms with Crippen LogP contribution in [0.1, 0.15) is 6.42 Å². The molecule has 88 valence electrons. The molecule has 1 aromatic rings. The van der Waals surface area contributed by atoms with Crippen molar-refractivity contribution in [1.29, 1.82) is 0 Å². The van der Waals surface area contributed by atoms with E-state index in [-0.39, 0.29) is 11.7 Å². The van der Waals surface area contributed by atoms with Crippen LogP contribution in [0.25, 0.3) is 0 Å². The summed E-state index contributed by atoms with van der Waals surface area (Å²) in [5.41, 5.74) is 5.95. The highest BCUT2D eigenvalue weighted by molar-refractivity contribution is 7.99. The number of carbonyl (C=O) groups excluding carboxylic acids is 1. The first-order chi connectivity index (χ1) is 7.72. The lowest BCUT2D eigenvalue weighted by Crippen LogP contribution is -2.14. The molecule has 3 nitrogen and oxygen atoms in total. The molecule has 3 N–H and O–H groups in total. The van der Waals surface area contributed by atoms with Crippen LogP contribution in [-0.4, -0.2) is 24.0 Å². The first-order valence-electron chi connectivity index (χ1n) is 5.05. The molecule has 1 amide bonds. The zero-order valence-corrected chi connectivity index (χ0v) is 9.73.